The van der Waals surface area contributed by atoms with Gasteiger partial charge in [0.15, 0.2) is 11.5 Å². The van der Waals surface area contributed by atoms with Gasteiger partial charge in [0.05, 0.1) is 12.2 Å². The Morgan fingerprint density at radius 1 is 1.26 bits per heavy atom. The maximum atomic E-state index is 10.7. The van der Waals surface area contributed by atoms with Crippen LogP contribution in [0.2, 0.25) is 0 Å². The lowest BCUT2D eigenvalue weighted by Crippen LogP contribution is -2.46. The van der Waals surface area contributed by atoms with E-state index in [9.17, 15) is 5.11 Å². The van der Waals surface area contributed by atoms with Crippen LogP contribution >= 0.6 is 0 Å². The summed E-state index contributed by atoms with van der Waals surface area (Å²) in [6.45, 7) is 2.48. The van der Waals surface area contributed by atoms with Crippen LogP contribution in [0.3, 0.4) is 0 Å². The van der Waals surface area contributed by atoms with Crippen LogP contribution in [-0.2, 0) is 11.2 Å². The second-order valence-corrected chi connectivity index (χ2v) is 7.30. The van der Waals surface area contributed by atoms with E-state index in [0.717, 1.165) is 43.9 Å². The molecule has 0 aromatic heterocycles. The van der Waals surface area contributed by atoms with Crippen LogP contribution in [0.5, 0.6) is 11.5 Å². The SMILES string of the molecule is COC1C(O)CC23CCCN2CCc2cc4c(cc2C13)OCO4. The van der Waals surface area contributed by atoms with Crippen molar-refractivity contribution >= 4 is 0 Å². The van der Waals surface area contributed by atoms with E-state index in [1.54, 1.807) is 7.11 Å². The zero-order chi connectivity index (χ0) is 15.6. The van der Waals surface area contributed by atoms with Crippen LogP contribution in [-0.4, -0.2) is 54.7 Å². The number of aliphatic hydroxyl groups is 1. The van der Waals surface area contributed by atoms with Crippen LogP contribution in [0.1, 0.15) is 36.3 Å². The number of hydrogen-bond acceptors (Lipinski definition) is 5. The predicted octanol–water partition coefficient (Wildman–Crippen LogP) is 1.67. The molecule has 23 heavy (non-hydrogen) atoms. The molecule has 5 rings (SSSR count). The van der Waals surface area contributed by atoms with Crippen LogP contribution in [0.4, 0.5) is 0 Å². The highest BCUT2D eigenvalue weighted by atomic mass is 16.7. The maximum absolute atomic E-state index is 10.7. The van der Waals surface area contributed by atoms with E-state index in [2.05, 4.69) is 17.0 Å². The van der Waals surface area contributed by atoms with E-state index in [-0.39, 0.29) is 17.6 Å². The molecule has 4 aliphatic rings. The number of rotatable bonds is 1. The smallest absolute Gasteiger partial charge is 0.231 e. The summed E-state index contributed by atoms with van der Waals surface area (Å²) in [5.74, 6) is 1.89. The number of fused-ring (bicyclic) bond motifs is 3. The third-order valence-corrected chi connectivity index (χ3v) is 6.41. The van der Waals surface area contributed by atoms with Crippen LogP contribution in [0, 0.1) is 0 Å². The first kappa shape index (κ1) is 14.1. The molecule has 4 atom stereocenters. The number of nitrogens with zero attached hydrogens (tertiary/aromatic N) is 1. The summed E-state index contributed by atoms with van der Waals surface area (Å²) in [7, 11) is 1.73. The highest BCUT2D eigenvalue weighted by molar-refractivity contribution is 5.52. The first-order chi connectivity index (χ1) is 11.2. The van der Waals surface area contributed by atoms with Gasteiger partial charge < -0.3 is 19.3 Å². The fraction of sp³-hybridized carbons (Fsp3) is 0.667. The molecular weight excluding hydrogens is 294 g/mol. The summed E-state index contributed by atoms with van der Waals surface area (Å²) in [5.41, 5.74) is 2.66. The zero-order valence-corrected chi connectivity index (χ0v) is 13.5. The fourth-order valence-electron chi connectivity index (χ4n) is 5.53. The van der Waals surface area contributed by atoms with Crippen molar-refractivity contribution < 1.29 is 19.3 Å². The number of methoxy groups -OCH3 is 1. The summed E-state index contributed by atoms with van der Waals surface area (Å²) in [6, 6.07) is 4.29. The molecule has 3 aliphatic heterocycles. The monoisotopic (exact) mass is 317 g/mol. The highest BCUT2D eigenvalue weighted by Crippen LogP contribution is 2.56. The minimum Gasteiger partial charge on any atom is -0.454 e. The van der Waals surface area contributed by atoms with Crippen LogP contribution in [0.25, 0.3) is 0 Å². The normalized spacial score (nSPS) is 38.1. The van der Waals surface area contributed by atoms with E-state index in [1.807, 2.05) is 0 Å². The first-order valence-electron chi connectivity index (χ1n) is 8.61. The Morgan fingerprint density at radius 3 is 2.91 bits per heavy atom. The van der Waals surface area contributed by atoms with Crippen molar-refractivity contribution in [3.8, 4) is 11.5 Å². The van der Waals surface area contributed by atoms with Gasteiger partial charge in [-0.1, -0.05) is 0 Å². The average molecular weight is 317 g/mol. The Balaban J connectivity index is 1.70. The van der Waals surface area contributed by atoms with Gasteiger partial charge >= 0.3 is 0 Å². The molecule has 0 amide bonds. The summed E-state index contributed by atoms with van der Waals surface area (Å²) in [6.07, 6.45) is 3.64. The summed E-state index contributed by atoms with van der Waals surface area (Å²) >= 11 is 0. The van der Waals surface area contributed by atoms with Gasteiger partial charge in [-0.3, -0.25) is 4.90 Å². The van der Waals surface area contributed by atoms with E-state index in [0.29, 0.717) is 6.79 Å². The molecule has 5 heteroatoms. The molecule has 1 aromatic carbocycles. The number of hydrogen-bond donors (Lipinski definition) is 1. The van der Waals surface area contributed by atoms with Gasteiger partial charge in [0, 0.05) is 25.1 Å². The van der Waals surface area contributed by atoms with Crippen molar-refractivity contribution in [3.63, 3.8) is 0 Å². The van der Waals surface area contributed by atoms with Crippen molar-refractivity contribution in [2.75, 3.05) is 27.0 Å². The molecule has 1 saturated heterocycles. The third-order valence-electron chi connectivity index (χ3n) is 6.41. The molecule has 0 radical (unpaired) electrons. The largest absolute Gasteiger partial charge is 0.454 e. The fourth-order valence-corrected chi connectivity index (χ4v) is 5.53. The minimum absolute atomic E-state index is 0.0407. The summed E-state index contributed by atoms with van der Waals surface area (Å²) < 4.78 is 17.0. The molecule has 1 N–H and O–H groups in total. The molecule has 1 saturated carbocycles. The van der Waals surface area contributed by atoms with Crippen molar-refractivity contribution in [3.05, 3.63) is 23.3 Å². The Hall–Kier alpha value is -1.30. The topological polar surface area (TPSA) is 51.2 Å². The van der Waals surface area contributed by atoms with Gasteiger partial charge in [0.1, 0.15) is 0 Å². The second-order valence-electron chi connectivity index (χ2n) is 7.30. The molecule has 5 nitrogen and oxygen atoms in total. The van der Waals surface area contributed by atoms with E-state index in [4.69, 9.17) is 14.2 Å². The predicted molar refractivity (Wildman–Crippen MR) is 84.0 cm³/mol. The molecule has 1 spiro atoms. The van der Waals surface area contributed by atoms with Gasteiger partial charge in [-0.05, 0) is 55.5 Å². The van der Waals surface area contributed by atoms with Gasteiger partial charge in [0.25, 0.3) is 0 Å². The maximum Gasteiger partial charge on any atom is 0.231 e. The van der Waals surface area contributed by atoms with E-state index < -0.39 is 6.10 Å². The van der Waals surface area contributed by atoms with Crippen LogP contribution in [0.15, 0.2) is 12.1 Å². The lowest BCUT2D eigenvalue weighted by atomic mass is 9.78. The van der Waals surface area contributed by atoms with Crippen molar-refractivity contribution in [2.45, 2.75) is 49.3 Å². The molecule has 1 aliphatic carbocycles. The molecule has 1 aromatic rings. The molecule has 0 bridgehead atoms. The third kappa shape index (κ3) is 1.78. The van der Waals surface area contributed by atoms with Crippen molar-refractivity contribution in [1.29, 1.82) is 0 Å². The summed E-state index contributed by atoms with van der Waals surface area (Å²) in [5, 5.41) is 10.7. The van der Waals surface area contributed by atoms with E-state index >= 15 is 0 Å². The first-order valence-corrected chi connectivity index (χ1v) is 8.61. The molecule has 4 unspecified atom stereocenters. The lowest BCUT2D eigenvalue weighted by Gasteiger charge is -2.39. The molecule has 124 valence electrons. The standard InChI is InChI=1S/C18H23NO4/c1-21-17-13(20)9-18-4-2-5-19(18)6-3-11-7-14-15(23-10-22-14)8-12(11)16(17)18/h7-8,13,16-17,20H,2-6,9-10H2,1H3. The van der Waals surface area contributed by atoms with Gasteiger partial charge in [-0.15, -0.1) is 0 Å². The van der Waals surface area contributed by atoms with Gasteiger partial charge in [0.2, 0.25) is 6.79 Å². The Labute approximate surface area is 136 Å². The average Bonchev–Trinajstić information content (AvgIpc) is 3.20. The van der Waals surface area contributed by atoms with Crippen molar-refractivity contribution in [1.82, 2.24) is 4.90 Å². The Bertz CT molecular complexity index is 648. The zero-order valence-electron chi connectivity index (χ0n) is 13.5. The number of aliphatic hydroxyl groups excluding tert-OH is 1. The Morgan fingerprint density at radius 2 is 2.09 bits per heavy atom. The minimum atomic E-state index is -0.401. The quantitative estimate of drug-likeness (QED) is 0.854. The lowest BCUT2D eigenvalue weighted by molar-refractivity contribution is -0.000877. The highest BCUT2D eigenvalue weighted by Gasteiger charge is 2.59. The number of ether oxygens (including phenoxy) is 3. The van der Waals surface area contributed by atoms with Gasteiger partial charge in [-0.2, -0.15) is 0 Å². The molecular formula is C18H23NO4. The van der Waals surface area contributed by atoms with Crippen LogP contribution < -0.4 is 9.47 Å². The molecule has 2 fully saturated rings. The Kier molecular flexibility index (Phi) is 2.97. The summed E-state index contributed by atoms with van der Waals surface area (Å²) in [4.78, 5) is 2.60. The number of benzene rings is 1. The van der Waals surface area contributed by atoms with Crippen molar-refractivity contribution in [2.24, 2.45) is 0 Å². The van der Waals surface area contributed by atoms with Gasteiger partial charge in [-0.25, -0.2) is 0 Å². The van der Waals surface area contributed by atoms with E-state index in [1.165, 1.54) is 17.5 Å². The molecule has 3 heterocycles. The second kappa shape index (κ2) is 4.85.